The van der Waals surface area contributed by atoms with Crippen molar-refractivity contribution in [3.05, 3.63) is 34.3 Å². The van der Waals surface area contributed by atoms with Crippen LogP contribution in [0.2, 0.25) is 0 Å². The van der Waals surface area contributed by atoms with E-state index in [1.807, 2.05) is 45.0 Å². The van der Waals surface area contributed by atoms with Crippen LogP contribution in [0.15, 0.2) is 28.7 Å². The van der Waals surface area contributed by atoms with Crippen LogP contribution in [-0.4, -0.2) is 17.6 Å². The Kier molecular flexibility index (Phi) is 5.35. The van der Waals surface area contributed by atoms with Gasteiger partial charge in [-0.3, -0.25) is 4.79 Å². The number of ether oxygens (including phenoxy) is 1. The van der Waals surface area contributed by atoms with Crippen molar-refractivity contribution in [2.24, 2.45) is 5.73 Å². The van der Waals surface area contributed by atoms with Gasteiger partial charge in [-0.05, 0) is 44.9 Å². The predicted octanol–water partition coefficient (Wildman–Crippen LogP) is 3.05. The summed E-state index contributed by atoms with van der Waals surface area (Å²) in [5, 5.41) is 0. The van der Waals surface area contributed by atoms with E-state index in [1.54, 1.807) is 0 Å². The molecule has 0 aromatic heterocycles. The molecular weight excluding hydrogens is 294 g/mol. The summed E-state index contributed by atoms with van der Waals surface area (Å²) in [6.07, 6.45) is 0.905. The number of carbonyl (C=O) groups excluding carboxylic acids is 1. The van der Waals surface area contributed by atoms with Crippen molar-refractivity contribution in [1.29, 1.82) is 0 Å². The van der Waals surface area contributed by atoms with E-state index in [0.717, 1.165) is 10.0 Å². The van der Waals surface area contributed by atoms with Gasteiger partial charge in [0.25, 0.3) is 0 Å². The highest BCUT2D eigenvalue weighted by atomic mass is 79.9. The molecule has 0 radical (unpaired) electrons. The molecule has 0 aliphatic carbocycles. The first kappa shape index (κ1) is 15.2. The average Bonchev–Trinajstić information content (AvgIpc) is 2.13. The second-order valence-corrected chi connectivity index (χ2v) is 6.30. The fraction of sp³-hybridized carbons (Fsp3) is 0.500. The zero-order valence-electron chi connectivity index (χ0n) is 11.1. The van der Waals surface area contributed by atoms with Crippen LogP contribution in [0, 0.1) is 0 Å². The van der Waals surface area contributed by atoms with Crippen molar-refractivity contribution in [2.45, 2.75) is 45.3 Å². The lowest BCUT2D eigenvalue weighted by molar-refractivity contribution is -0.155. The van der Waals surface area contributed by atoms with Gasteiger partial charge in [-0.1, -0.05) is 28.1 Å². The number of hydrogen-bond donors (Lipinski definition) is 1. The minimum Gasteiger partial charge on any atom is -0.460 e. The van der Waals surface area contributed by atoms with E-state index in [-0.39, 0.29) is 18.4 Å². The zero-order chi connectivity index (χ0) is 13.8. The van der Waals surface area contributed by atoms with E-state index in [2.05, 4.69) is 15.9 Å². The molecular formula is C14H20BrNO2. The summed E-state index contributed by atoms with van der Waals surface area (Å²) in [7, 11) is 0. The van der Waals surface area contributed by atoms with Crippen LogP contribution in [0.25, 0.3) is 0 Å². The molecule has 1 aromatic carbocycles. The maximum Gasteiger partial charge on any atom is 0.307 e. The van der Waals surface area contributed by atoms with Crippen molar-refractivity contribution in [3.8, 4) is 0 Å². The van der Waals surface area contributed by atoms with Gasteiger partial charge in [-0.25, -0.2) is 0 Å². The van der Waals surface area contributed by atoms with Crippen LogP contribution in [0.3, 0.4) is 0 Å². The maximum atomic E-state index is 11.6. The predicted molar refractivity (Wildman–Crippen MR) is 76.3 cm³/mol. The summed E-state index contributed by atoms with van der Waals surface area (Å²) in [5.74, 6) is -0.245. The Morgan fingerprint density at radius 2 is 2.11 bits per heavy atom. The number of halogens is 1. The van der Waals surface area contributed by atoms with Crippen molar-refractivity contribution in [2.75, 3.05) is 0 Å². The van der Waals surface area contributed by atoms with E-state index >= 15 is 0 Å². The molecule has 4 heteroatoms. The molecule has 0 saturated carbocycles. The molecule has 0 saturated heterocycles. The second-order valence-electron chi connectivity index (χ2n) is 5.38. The molecule has 3 nitrogen and oxygen atoms in total. The first-order valence-electron chi connectivity index (χ1n) is 5.98. The molecule has 100 valence electrons. The number of carbonyl (C=O) groups is 1. The molecule has 18 heavy (non-hydrogen) atoms. The number of rotatable bonds is 4. The number of esters is 1. The maximum absolute atomic E-state index is 11.6. The van der Waals surface area contributed by atoms with Gasteiger partial charge in [0.05, 0.1) is 6.42 Å². The van der Waals surface area contributed by atoms with Crippen LogP contribution in [0.1, 0.15) is 32.8 Å². The topological polar surface area (TPSA) is 52.3 Å². The molecule has 1 rings (SSSR count). The molecule has 0 amide bonds. The zero-order valence-corrected chi connectivity index (χ0v) is 12.7. The third-order valence-corrected chi connectivity index (χ3v) is 2.73. The van der Waals surface area contributed by atoms with Gasteiger partial charge < -0.3 is 10.5 Å². The molecule has 0 aliphatic heterocycles. The lowest BCUT2D eigenvalue weighted by atomic mass is 10.0. The summed E-state index contributed by atoms with van der Waals surface area (Å²) in [6, 6.07) is 7.71. The molecule has 0 bridgehead atoms. The fourth-order valence-electron chi connectivity index (χ4n) is 1.64. The third-order valence-electron chi connectivity index (χ3n) is 2.24. The number of hydrogen-bond acceptors (Lipinski definition) is 3. The molecule has 0 fully saturated rings. The largest absolute Gasteiger partial charge is 0.460 e. The Bertz CT molecular complexity index is 413. The lowest BCUT2D eigenvalue weighted by Gasteiger charge is -2.21. The molecule has 0 unspecified atom stereocenters. The van der Waals surface area contributed by atoms with E-state index in [0.29, 0.717) is 6.42 Å². The van der Waals surface area contributed by atoms with Gasteiger partial charge in [0.15, 0.2) is 0 Å². The van der Waals surface area contributed by atoms with Gasteiger partial charge in [-0.15, -0.1) is 0 Å². The normalized spacial score (nSPS) is 13.2. The summed E-state index contributed by atoms with van der Waals surface area (Å²) >= 11 is 3.41. The first-order valence-corrected chi connectivity index (χ1v) is 6.77. The Hall–Kier alpha value is -0.870. The highest BCUT2D eigenvalue weighted by molar-refractivity contribution is 9.10. The van der Waals surface area contributed by atoms with Gasteiger partial charge in [0, 0.05) is 10.5 Å². The number of nitrogens with two attached hydrogens (primary N) is 1. The molecule has 0 heterocycles. The van der Waals surface area contributed by atoms with Gasteiger partial charge >= 0.3 is 5.97 Å². The minimum absolute atomic E-state index is 0.214. The summed E-state index contributed by atoms with van der Waals surface area (Å²) in [4.78, 5) is 11.6. The Labute approximate surface area is 117 Å². The second kappa shape index (κ2) is 6.34. The highest BCUT2D eigenvalue weighted by Crippen LogP contribution is 2.14. The monoisotopic (exact) mass is 313 g/mol. The average molecular weight is 314 g/mol. The SMILES string of the molecule is CC(C)(C)OC(=O)C[C@H](N)Cc1cccc(Br)c1. The lowest BCUT2D eigenvalue weighted by Crippen LogP contribution is -2.31. The highest BCUT2D eigenvalue weighted by Gasteiger charge is 2.18. The standard InChI is InChI=1S/C14H20BrNO2/c1-14(2,3)18-13(17)9-12(16)8-10-5-4-6-11(15)7-10/h4-7,12H,8-9,16H2,1-3H3/t12-/m1/s1. The van der Waals surface area contributed by atoms with Gasteiger partial charge in [-0.2, -0.15) is 0 Å². The van der Waals surface area contributed by atoms with Crippen LogP contribution in [-0.2, 0) is 16.0 Å². The summed E-state index contributed by atoms with van der Waals surface area (Å²) in [6.45, 7) is 5.56. The first-order chi connectivity index (χ1) is 8.26. The molecule has 1 aromatic rings. The summed E-state index contributed by atoms with van der Waals surface area (Å²) in [5.41, 5.74) is 6.62. The van der Waals surface area contributed by atoms with E-state index < -0.39 is 5.60 Å². The van der Waals surface area contributed by atoms with E-state index in [4.69, 9.17) is 10.5 Å². The Morgan fingerprint density at radius 3 is 2.67 bits per heavy atom. The van der Waals surface area contributed by atoms with Crippen LogP contribution in [0.4, 0.5) is 0 Å². The smallest absolute Gasteiger partial charge is 0.307 e. The molecule has 1 atom stereocenters. The quantitative estimate of drug-likeness (QED) is 0.869. The number of benzene rings is 1. The summed E-state index contributed by atoms with van der Waals surface area (Å²) < 4.78 is 6.26. The fourth-order valence-corrected chi connectivity index (χ4v) is 2.08. The molecule has 0 spiro atoms. The Morgan fingerprint density at radius 1 is 1.44 bits per heavy atom. The van der Waals surface area contributed by atoms with Crippen molar-refractivity contribution < 1.29 is 9.53 Å². The van der Waals surface area contributed by atoms with E-state index in [9.17, 15) is 4.79 Å². The van der Waals surface area contributed by atoms with Crippen LogP contribution in [0.5, 0.6) is 0 Å². The molecule has 0 aliphatic rings. The van der Waals surface area contributed by atoms with Crippen molar-refractivity contribution in [3.63, 3.8) is 0 Å². The van der Waals surface area contributed by atoms with Crippen LogP contribution < -0.4 is 5.73 Å². The Balaban J connectivity index is 2.47. The minimum atomic E-state index is -0.452. The van der Waals surface area contributed by atoms with Crippen molar-refractivity contribution in [1.82, 2.24) is 0 Å². The van der Waals surface area contributed by atoms with Crippen molar-refractivity contribution >= 4 is 21.9 Å². The van der Waals surface area contributed by atoms with Gasteiger partial charge in [0.1, 0.15) is 5.60 Å². The van der Waals surface area contributed by atoms with E-state index in [1.165, 1.54) is 0 Å². The van der Waals surface area contributed by atoms with Crippen LogP contribution >= 0.6 is 15.9 Å². The molecule has 2 N–H and O–H groups in total. The third kappa shape index (κ3) is 6.17. The van der Waals surface area contributed by atoms with Gasteiger partial charge in [0.2, 0.25) is 0 Å².